The van der Waals surface area contributed by atoms with Crippen molar-refractivity contribution in [1.29, 1.82) is 0 Å². The Hall–Kier alpha value is -0.661. The first kappa shape index (κ1) is 19.8. The molecule has 0 rings (SSSR count). The van der Waals surface area contributed by atoms with E-state index in [2.05, 4.69) is 0 Å². The van der Waals surface area contributed by atoms with E-state index in [4.69, 9.17) is 27.4 Å². The van der Waals surface area contributed by atoms with Crippen molar-refractivity contribution in [2.45, 2.75) is 18.9 Å². The van der Waals surface area contributed by atoms with Crippen molar-refractivity contribution in [3.8, 4) is 0 Å². The maximum atomic E-state index is 9.99. The third-order valence-corrected chi connectivity index (χ3v) is 1.15. The molecule has 0 radical (unpaired) electrons. The molecule has 0 fully saturated rings. The van der Waals surface area contributed by atoms with Crippen LogP contribution in [0.2, 0.25) is 0 Å². The van der Waals surface area contributed by atoms with E-state index < -0.39 is 18.0 Å². The Morgan fingerprint density at radius 2 is 1.53 bits per heavy atom. The Labute approximate surface area is 98.5 Å². The molecule has 0 aliphatic heterocycles. The van der Waals surface area contributed by atoms with Gasteiger partial charge in [0.25, 0.3) is 0 Å². The third kappa shape index (κ3) is 19.7. The van der Waals surface area contributed by atoms with Crippen molar-refractivity contribution in [3.05, 3.63) is 0 Å². The minimum Gasteiger partial charge on any atom is -0.481 e. The molecule has 1 unspecified atom stereocenters. The fraction of sp³-hybridized carbons (Fsp3) is 0.714. The second-order valence-electron chi connectivity index (χ2n) is 2.45. The molecule has 0 saturated heterocycles. The smallest absolute Gasteiger partial charge is 0.320 e. The predicted molar refractivity (Wildman–Crippen MR) is 50.6 cm³/mol. The summed E-state index contributed by atoms with van der Waals surface area (Å²) in [5, 5.41) is 16.3. The van der Waals surface area contributed by atoms with Crippen LogP contribution in [-0.4, -0.2) is 41.3 Å². The number of nitrogens with two attached hydrogens (primary N) is 3. The molecule has 0 aromatic rings. The van der Waals surface area contributed by atoms with Gasteiger partial charge < -0.3 is 27.4 Å². The Bertz CT molecular complexity index is 178. The van der Waals surface area contributed by atoms with E-state index in [0.29, 0.717) is 13.1 Å². The molecule has 1 atom stereocenters. The van der Waals surface area contributed by atoms with Crippen molar-refractivity contribution in [2.75, 3.05) is 13.1 Å². The van der Waals surface area contributed by atoms with Crippen LogP contribution in [0.25, 0.3) is 0 Å². The van der Waals surface area contributed by atoms with Crippen LogP contribution in [0.4, 0.5) is 0 Å². The molecular formula is C7H17FeN3O4. The summed E-state index contributed by atoms with van der Waals surface area (Å²) in [6.07, 6.45) is -0.224. The number of carbonyl (C=O) groups is 2. The summed E-state index contributed by atoms with van der Waals surface area (Å²) in [6.45, 7) is 1.19. The zero-order valence-corrected chi connectivity index (χ0v) is 9.31. The molecule has 0 aromatic heterocycles. The van der Waals surface area contributed by atoms with Gasteiger partial charge in [0.1, 0.15) is 6.04 Å². The van der Waals surface area contributed by atoms with Crippen LogP contribution in [0.3, 0.4) is 0 Å². The van der Waals surface area contributed by atoms with Gasteiger partial charge in [-0.05, 0) is 6.42 Å². The van der Waals surface area contributed by atoms with Crippen molar-refractivity contribution in [3.63, 3.8) is 0 Å². The largest absolute Gasteiger partial charge is 0.481 e. The first-order valence-corrected chi connectivity index (χ1v) is 4.06. The van der Waals surface area contributed by atoms with Gasteiger partial charge in [0.05, 0.1) is 0 Å². The summed E-state index contributed by atoms with van der Waals surface area (Å²) in [7, 11) is 0. The van der Waals surface area contributed by atoms with Crippen LogP contribution in [0.15, 0.2) is 0 Å². The second-order valence-corrected chi connectivity index (χ2v) is 2.45. The molecule has 7 nitrogen and oxygen atoms in total. The number of hydrogen-bond donors (Lipinski definition) is 5. The Morgan fingerprint density at radius 1 is 1.13 bits per heavy atom. The van der Waals surface area contributed by atoms with Crippen LogP contribution in [-0.2, 0) is 26.7 Å². The maximum absolute atomic E-state index is 9.99. The van der Waals surface area contributed by atoms with Crippen LogP contribution >= 0.6 is 0 Å². The minimum absolute atomic E-state index is 0. The predicted octanol–water partition coefficient (Wildman–Crippen LogP) is -1.84. The van der Waals surface area contributed by atoms with Gasteiger partial charge in [-0.1, -0.05) is 0 Å². The van der Waals surface area contributed by atoms with E-state index in [1.807, 2.05) is 0 Å². The summed E-state index contributed by atoms with van der Waals surface area (Å²) < 4.78 is 0. The fourth-order valence-electron chi connectivity index (χ4n) is 0.402. The molecule has 8 heteroatoms. The van der Waals surface area contributed by atoms with Gasteiger partial charge in [-0.2, -0.15) is 0 Å². The summed E-state index contributed by atoms with van der Waals surface area (Å²) in [5.74, 6) is -2.20. The summed E-state index contributed by atoms with van der Waals surface area (Å²) >= 11 is 0. The topological polar surface area (TPSA) is 153 Å². The molecule has 0 aliphatic carbocycles. The average molecular weight is 263 g/mol. The van der Waals surface area contributed by atoms with Crippen molar-refractivity contribution in [2.24, 2.45) is 17.2 Å². The molecule has 15 heavy (non-hydrogen) atoms. The normalized spacial score (nSPS) is 10.3. The first-order valence-electron chi connectivity index (χ1n) is 4.06. The molecule has 0 bridgehead atoms. The number of carboxylic acids is 2. The SMILES string of the molecule is NC(CCC(=O)O)C(=O)O.NCCN.[Fe]. The molecule has 0 saturated carbocycles. The molecule has 0 aromatic carbocycles. The minimum atomic E-state index is -1.17. The van der Waals surface area contributed by atoms with Crippen molar-refractivity contribution < 1.29 is 36.9 Å². The van der Waals surface area contributed by atoms with E-state index in [0.717, 1.165) is 0 Å². The number of carboxylic acid groups (broad SMARTS) is 2. The van der Waals surface area contributed by atoms with Crippen LogP contribution in [0, 0.1) is 0 Å². The standard InChI is InChI=1S/C5H9NO4.C2H8N2.Fe/c6-3(5(9)10)1-2-4(7)8;3-1-2-4;/h3H,1-2,6H2,(H,7,8)(H,9,10);1-4H2;. The average Bonchev–Trinajstić information content (AvgIpc) is 2.14. The van der Waals surface area contributed by atoms with Gasteiger partial charge in [-0.3, -0.25) is 9.59 Å². The zero-order valence-electron chi connectivity index (χ0n) is 8.20. The van der Waals surface area contributed by atoms with Gasteiger partial charge in [0.2, 0.25) is 0 Å². The monoisotopic (exact) mass is 263 g/mol. The molecule has 0 heterocycles. The summed E-state index contributed by atoms with van der Waals surface area (Å²) in [4.78, 5) is 19.9. The number of hydrogen-bond acceptors (Lipinski definition) is 5. The van der Waals surface area contributed by atoms with Gasteiger partial charge in [-0.15, -0.1) is 0 Å². The van der Waals surface area contributed by atoms with E-state index in [1.54, 1.807) is 0 Å². The Morgan fingerprint density at radius 3 is 1.73 bits per heavy atom. The fourth-order valence-corrected chi connectivity index (χ4v) is 0.402. The molecule has 0 spiro atoms. The Balaban J connectivity index is -0.000000249. The summed E-state index contributed by atoms with van der Waals surface area (Å²) in [5.41, 5.74) is 14.8. The second kappa shape index (κ2) is 13.3. The van der Waals surface area contributed by atoms with Crippen LogP contribution < -0.4 is 17.2 Å². The maximum Gasteiger partial charge on any atom is 0.320 e. The van der Waals surface area contributed by atoms with Crippen molar-refractivity contribution >= 4 is 11.9 Å². The number of aliphatic carboxylic acids is 2. The molecule has 0 aliphatic rings. The van der Waals surface area contributed by atoms with E-state index in [9.17, 15) is 9.59 Å². The van der Waals surface area contributed by atoms with Crippen molar-refractivity contribution in [1.82, 2.24) is 0 Å². The van der Waals surface area contributed by atoms with E-state index in [-0.39, 0.29) is 29.9 Å². The molecule has 8 N–H and O–H groups in total. The number of rotatable bonds is 5. The quantitative estimate of drug-likeness (QED) is 0.365. The Kier molecular flexibility index (Phi) is 17.6. The molecular weight excluding hydrogens is 246 g/mol. The van der Waals surface area contributed by atoms with Gasteiger partial charge in [0.15, 0.2) is 0 Å². The van der Waals surface area contributed by atoms with Gasteiger partial charge >= 0.3 is 11.9 Å². The van der Waals surface area contributed by atoms with Gasteiger partial charge in [0, 0.05) is 36.6 Å². The van der Waals surface area contributed by atoms with Crippen LogP contribution in [0.1, 0.15) is 12.8 Å². The third-order valence-electron chi connectivity index (χ3n) is 1.15. The van der Waals surface area contributed by atoms with E-state index >= 15 is 0 Å². The van der Waals surface area contributed by atoms with E-state index in [1.165, 1.54) is 0 Å². The molecule has 0 amide bonds. The van der Waals surface area contributed by atoms with Gasteiger partial charge in [-0.25, -0.2) is 0 Å². The molecule has 92 valence electrons. The zero-order chi connectivity index (χ0) is 11.6. The summed E-state index contributed by atoms with van der Waals surface area (Å²) in [6, 6.07) is -1.06. The van der Waals surface area contributed by atoms with Crippen LogP contribution in [0.5, 0.6) is 0 Å². The first-order chi connectivity index (χ1) is 6.45.